The zero-order chi connectivity index (χ0) is 17.1. The predicted molar refractivity (Wildman–Crippen MR) is 93.2 cm³/mol. The number of nitrogens with zero attached hydrogens (tertiary/aromatic N) is 2. The van der Waals surface area contributed by atoms with Crippen molar-refractivity contribution in [1.82, 2.24) is 15.2 Å². The van der Waals surface area contributed by atoms with Gasteiger partial charge in [-0.1, -0.05) is 12.1 Å². The van der Waals surface area contributed by atoms with Gasteiger partial charge in [0.15, 0.2) is 0 Å². The topological polar surface area (TPSA) is 45.2 Å². The summed E-state index contributed by atoms with van der Waals surface area (Å²) in [7, 11) is 0. The highest BCUT2D eigenvalue weighted by molar-refractivity contribution is 7.09. The summed E-state index contributed by atoms with van der Waals surface area (Å²) in [5, 5.41) is 6.08. The van der Waals surface area contributed by atoms with Crippen molar-refractivity contribution < 1.29 is 9.18 Å². The molecule has 2 heterocycles. The maximum absolute atomic E-state index is 13.0. The zero-order valence-electron chi connectivity index (χ0n) is 14.0. The lowest BCUT2D eigenvalue weighted by Gasteiger charge is -2.25. The summed E-state index contributed by atoms with van der Waals surface area (Å²) in [5.74, 6) is -0.186. The number of carbonyl (C=O) groups is 1. The minimum absolute atomic E-state index is 0.0489. The lowest BCUT2D eigenvalue weighted by atomic mass is 10.1. The first-order chi connectivity index (χ1) is 11.5. The van der Waals surface area contributed by atoms with Crippen LogP contribution < -0.4 is 5.32 Å². The number of aromatic nitrogens is 1. The van der Waals surface area contributed by atoms with Crippen molar-refractivity contribution in [3.63, 3.8) is 0 Å². The minimum atomic E-state index is -0.234. The zero-order valence-corrected chi connectivity index (χ0v) is 14.8. The average molecular weight is 347 g/mol. The Hall–Kier alpha value is -1.79. The number of nitrogens with one attached hydrogen (secondary N) is 1. The molecule has 128 valence electrons. The van der Waals surface area contributed by atoms with Gasteiger partial charge in [0.25, 0.3) is 0 Å². The van der Waals surface area contributed by atoms with Gasteiger partial charge in [-0.25, -0.2) is 9.37 Å². The Bertz CT molecular complexity index is 701. The number of aryl methyl sites for hydroxylation is 1. The SMILES string of the molecule is Cc1nc(C(C)NC(=O)C2CCCN2Cc2ccc(F)cc2)cs1. The van der Waals surface area contributed by atoms with Gasteiger partial charge in [-0.05, 0) is 50.9 Å². The maximum atomic E-state index is 13.0. The third-order valence-corrected chi connectivity index (χ3v) is 5.20. The van der Waals surface area contributed by atoms with Gasteiger partial charge in [0, 0.05) is 11.9 Å². The van der Waals surface area contributed by atoms with E-state index >= 15 is 0 Å². The van der Waals surface area contributed by atoms with E-state index in [0.717, 1.165) is 35.7 Å². The number of thiazole rings is 1. The van der Waals surface area contributed by atoms with Crippen LogP contribution in [0.1, 0.15) is 42.1 Å². The summed E-state index contributed by atoms with van der Waals surface area (Å²) in [6.07, 6.45) is 1.86. The van der Waals surface area contributed by atoms with E-state index in [1.54, 1.807) is 23.5 Å². The predicted octanol–water partition coefficient (Wildman–Crippen LogP) is 3.43. The number of halogens is 1. The van der Waals surface area contributed by atoms with Gasteiger partial charge in [0.1, 0.15) is 5.82 Å². The number of likely N-dealkylation sites (tertiary alicyclic amines) is 1. The van der Waals surface area contributed by atoms with Crippen molar-refractivity contribution in [2.75, 3.05) is 6.54 Å². The quantitative estimate of drug-likeness (QED) is 0.901. The third kappa shape index (κ3) is 3.99. The van der Waals surface area contributed by atoms with Crippen LogP contribution in [0.25, 0.3) is 0 Å². The number of benzene rings is 1. The molecule has 0 saturated carbocycles. The molecular weight excluding hydrogens is 325 g/mol. The molecule has 0 bridgehead atoms. The molecule has 2 atom stereocenters. The average Bonchev–Trinajstić information content (AvgIpc) is 3.18. The third-order valence-electron chi connectivity index (χ3n) is 4.40. The second-order valence-corrected chi connectivity index (χ2v) is 7.34. The number of carbonyl (C=O) groups excluding carboxylic acids is 1. The number of rotatable bonds is 5. The summed E-state index contributed by atoms with van der Waals surface area (Å²) in [6, 6.07) is 6.28. The molecule has 1 aliphatic heterocycles. The molecule has 1 N–H and O–H groups in total. The molecule has 0 radical (unpaired) electrons. The van der Waals surface area contributed by atoms with Gasteiger partial charge in [0.05, 0.1) is 22.8 Å². The highest BCUT2D eigenvalue weighted by Crippen LogP contribution is 2.22. The summed E-state index contributed by atoms with van der Waals surface area (Å²) in [6.45, 7) is 5.48. The summed E-state index contributed by atoms with van der Waals surface area (Å²) in [4.78, 5) is 19.3. The molecule has 2 unspecified atom stereocenters. The van der Waals surface area contributed by atoms with Gasteiger partial charge >= 0.3 is 0 Å². The molecule has 3 rings (SSSR count). The fourth-order valence-electron chi connectivity index (χ4n) is 3.10. The normalized spacial score (nSPS) is 19.4. The largest absolute Gasteiger partial charge is 0.347 e. The lowest BCUT2D eigenvalue weighted by molar-refractivity contribution is -0.126. The fraction of sp³-hybridized carbons (Fsp3) is 0.444. The second-order valence-electron chi connectivity index (χ2n) is 6.28. The Morgan fingerprint density at radius 1 is 1.46 bits per heavy atom. The van der Waals surface area contributed by atoms with Gasteiger partial charge < -0.3 is 5.32 Å². The molecule has 24 heavy (non-hydrogen) atoms. The molecule has 4 nitrogen and oxygen atoms in total. The molecule has 1 fully saturated rings. The molecule has 0 spiro atoms. The van der Waals surface area contributed by atoms with Crippen LogP contribution in [0, 0.1) is 12.7 Å². The van der Waals surface area contributed by atoms with E-state index in [0.29, 0.717) is 6.54 Å². The minimum Gasteiger partial charge on any atom is -0.347 e. The first-order valence-corrected chi connectivity index (χ1v) is 9.12. The Labute approximate surface area is 145 Å². The summed E-state index contributed by atoms with van der Waals surface area (Å²) >= 11 is 1.59. The van der Waals surface area contributed by atoms with Crippen molar-refractivity contribution in [1.29, 1.82) is 0 Å². The Morgan fingerprint density at radius 3 is 2.88 bits per heavy atom. The highest BCUT2D eigenvalue weighted by Gasteiger charge is 2.31. The Balaban J connectivity index is 1.61. The van der Waals surface area contributed by atoms with E-state index in [2.05, 4.69) is 15.2 Å². The van der Waals surface area contributed by atoms with E-state index in [9.17, 15) is 9.18 Å². The van der Waals surface area contributed by atoms with Gasteiger partial charge in [-0.3, -0.25) is 9.69 Å². The molecule has 2 aromatic rings. The smallest absolute Gasteiger partial charge is 0.237 e. The fourth-order valence-corrected chi connectivity index (χ4v) is 3.81. The second kappa shape index (κ2) is 7.40. The number of hydrogen-bond acceptors (Lipinski definition) is 4. The van der Waals surface area contributed by atoms with Gasteiger partial charge in [-0.2, -0.15) is 0 Å². The van der Waals surface area contributed by atoms with Crippen LogP contribution in [0.3, 0.4) is 0 Å². The van der Waals surface area contributed by atoms with Crippen molar-refractivity contribution >= 4 is 17.2 Å². The van der Waals surface area contributed by atoms with E-state index in [1.807, 2.05) is 19.2 Å². The van der Waals surface area contributed by atoms with E-state index < -0.39 is 0 Å². The molecule has 1 aromatic heterocycles. The summed E-state index contributed by atoms with van der Waals surface area (Å²) in [5.41, 5.74) is 1.94. The first kappa shape index (κ1) is 17.0. The van der Waals surface area contributed by atoms with Gasteiger partial charge in [-0.15, -0.1) is 11.3 Å². The molecule has 1 aliphatic rings. The number of hydrogen-bond donors (Lipinski definition) is 1. The molecule has 6 heteroatoms. The number of amides is 1. The van der Waals surface area contributed by atoms with Crippen molar-refractivity contribution in [2.24, 2.45) is 0 Å². The van der Waals surface area contributed by atoms with Crippen molar-refractivity contribution in [2.45, 2.75) is 45.3 Å². The van der Waals surface area contributed by atoms with Crippen molar-refractivity contribution in [3.05, 3.63) is 51.7 Å². The lowest BCUT2D eigenvalue weighted by Crippen LogP contribution is -2.43. The van der Waals surface area contributed by atoms with Crippen LogP contribution in [0.5, 0.6) is 0 Å². The van der Waals surface area contributed by atoms with E-state index in [4.69, 9.17) is 0 Å². The van der Waals surface area contributed by atoms with Crippen LogP contribution in [-0.4, -0.2) is 28.4 Å². The molecule has 0 aliphatic carbocycles. The van der Waals surface area contributed by atoms with Crippen LogP contribution in [0.15, 0.2) is 29.6 Å². The van der Waals surface area contributed by atoms with E-state index in [1.165, 1.54) is 12.1 Å². The molecule has 1 amide bonds. The molecule has 1 aromatic carbocycles. The first-order valence-electron chi connectivity index (χ1n) is 8.24. The molecular formula is C18H22FN3OS. The van der Waals surface area contributed by atoms with Crippen LogP contribution >= 0.6 is 11.3 Å². The van der Waals surface area contributed by atoms with Crippen LogP contribution in [0.2, 0.25) is 0 Å². The van der Waals surface area contributed by atoms with Crippen LogP contribution in [0.4, 0.5) is 4.39 Å². The maximum Gasteiger partial charge on any atom is 0.237 e. The highest BCUT2D eigenvalue weighted by atomic mass is 32.1. The van der Waals surface area contributed by atoms with Crippen LogP contribution in [-0.2, 0) is 11.3 Å². The monoisotopic (exact) mass is 347 g/mol. The molecule has 1 saturated heterocycles. The van der Waals surface area contributed by atoms with Crippen molar-refractivity contribution in [3.8, 4) is 0 Å². The van der Waals surface area contributed by atoms with Gasteiger partial charge in [0.2, 0.25) is 5.91 Å². The summed E-state index contributed by atoms with van der Waals surface area (Å²) < 4.78 is 13.0. The standard InChI is InChI=1S/C18H22FN3OS/c1-12(16-11-24-13(2)21-16)20-18(23)17-4-3-9-22(17)10-14-5-7-15(19)8-6-14/h5-8,11-12,17H,3-4,9-10H2,1-2H3,(H,20,23). The Morgan fingerprint density at radius 2 is 2.21 bits per heavy atom. The Kier molecular flexibility index (Phi) is 5.26. The van der Waals surface area contributed by atoms with E-state index in [-0.39, 0.29) is 23.8 Å².